The van der Waals surface area contributed by atoms with Crippen molar-refractivity contribution in [2.24, 2.45) is 5.92 Å². The number of nitrogens with zero attached hydrogens (tertiary/aromatic N) is 2. The number of rotatable bonds is 6. The molecule has 10 heteroatoms. The zero-order chi connectivity index (χ0) is 20.9. The topological polar surface area (TPSA) is 81.5 Å². The van der Waals surface area contributed by atoms with Crippen LogP contribution in [0.2, 0.25) is 0 Å². The fourth-order valence-electron chi connectivity index (χ4n) is 4.40. The van der Waals surface area contributed by atoms with Gasteiger partial charge >= 0.3 is 0 Å². The Morgan fingerprint density at radius 1 is 1.10 bits per heavy atom. The molecule has 0 spiro atoms. The van der Waals surface area contributed by atoms with Crippen LogP contribution in [0, 0.1) is 23.4 Å². The van der Waals surface area contributed by atoms with Gasteiger partial charge < -0.3 is 4.90 Å². The van der Waals surface area contributed by atoms with Gasteiger partial charge in [0.2, 0.25) is 15.9 Å². The molecule has 0 bridgehead atoms. The lowest BCUT2D eigenvalue weighted by Crippen LogP contribution is -2.42. The van der Waals surface area contributed by atoms with Crippen molar-refractivity contribution in [3.8, 4) is 0 Å². The van der Waals surface area contributed by atoms with Crippen LogP contribution < -0.4 is 5.73 Å². The quantitative estimate of drug-likeness (QED) is 0.645. The molecular weight excluding hydrogens is 407 g/mol. The van der Waals surface area contributed by atoms with Crippen LogP contribution in [-0.4, -0.2) is 60.5 Å². The highest BCUT2D eigenvalue weighted by Gasteiger charge is 2.50. The smallest absolute Gasteiger partial charge is 0.224 e. The number of nitrogens with one attached hydrogen (secondary N) is 1. The van der Waals surface area contributed by atoms with E-state index in [1.807, 2.05) is 0 Å². The molecule has 1 radical (unpaired) electrons. The monoisotopic (exact) mass is 430 g/mol. The van der Waals surface area contributed by atoms with Crippen LogP contribution in [0.4, 0.5) is 13.2 Å². The highest BCUT2D eigenvalue weighted by molar-refractivity contribution is 7.90. The van der Waals surface area contributed by atoms with Gasteiger partial charge in [-0.3, -0.25) is 10.5 Å². The third kappa shape index (κ3) is 4.02. The van der Waals surface area contributed by atoms with Crippen LogP contribution >= 0.6 is 0 Å². The SMILES string of the molecule is [NH][C@@H](CC(=O)N1CC[C@H]2CN(S(=O)(=O)C3CC3)C[C@H]21)Cc1cc(F)c(F)cc1F. The average Bonchev–Trinajstić information content (AvgIpc) is 3.30. The number of carbonyl (C=O) groups excluding carboxylic acids is 1. The van der Waals surface area contributed by atoms with Gasteiger partial charge in [0, 0.05) is 44.2 Å². The Balaban J connectivity index is 1.37. The number of amides is 1. The van der Waals surface area contributed by atoms with Gasteiger partial charge in [0.25, 0.3) is 0 Å². The van der Waals surface area contributed by atoms with Crippen molar-refractivity contribution in [3.05, 3.63) is 35.1 Å². The third-order valence-corrected chi connectivity index (χ3v) is 8.45. The van der Waals surface area contributed by atoms with E-state index in [1.165, 1.54) is 4.31 Å². The molecular formula is C19H23F3N3O3S. The molecule has 3 atom stereocenters. The molecule has 1 saturated carbocycles. The summed E-state index contributed by atoms with van der Waals surface area (Å²) in [5, 5.41) is -0.283. The second-order valence-electron chi connectivity index (χ2n) is 8.23. The van der Waals surface area contributed by atoms with Gasteiger partial charge in [0.1, 0.15) is 5.82 Å². The summed E-state index contributed by atoms with van der Waals surface area (Å²) >= 11 is 0. The van der Waals surface area contributed by atoms with Crippen molar-refractivity contribution in [1.82, 2.24) is 14.9 Å². The van der Waals surface area contributed by atoms with E-state index in [4.69, 9.17) is 5.73 Å². The standard InChI is InChI=1S/C19H23F3N3O3S/c20-15-8-17(22)16(21)6-12(15)5-13(23)7-19(26)25-4-3-11-9-24(10-18(11)25)29(27,28)14-1-2-14/h6,8,11,13-14,18,23H,1-5,7,9-10H2/t11-,13+,18+/m0/s1. The summed E-state index contributed by atoms with van der Waals surface area (Å²) in [6, 6.07) is -0.0328. The minimum absolute atomic E-state index is 0.0975. The number of halogens is 3. The minimum Gasteiger partial charge on any atom is -0.338 e. The average molecular weight is 430 g/mol. The first-order valence-corrected chi connectivity index (χ1v) is 11.3. The van der Waals surface area contributed by atoms with E-state index in [9.17, 15) is 26.4 Å². The number of carbonyl (C=O) groups is 1. The van der Waals surface area contributed by atoms with Gasteiger partial charge in [0.05, 0.1) is 5.25 Å². The molecule has 3 aliphatic rings. The number of benzene rings is 1. The first-order chi connectivity index (χ1) is 13.7. The van der Waals surface area contributed by atoms with Crippen LogP contribution in [0.1, 0.15) is 31.2 Å². The lowest BCUT2D eigenvalue weighted by Gasteiger charge is -2.26. The van der Waals surface area contributed by atoms with E-state index in [1.54, 1.807) is 4.90 Å². The van der Waals surface area contributed by atoms with Gasteiger partial charge in [0.15, 0.2) is 11.6 Å². The van der Waals surface area contributed by atoms with E-state index in [0.717, 1.165) is 6.07 Å². The molecule has 3 fully saturated rings. The van der Waals surface area contributed by atoms with E-state index in [-0.39, 0.29) is 48.1 Å². The zero-order valence-electron chi connectivity index (χ0n) is 15.8. The van der Waals surface area contributed by atoms with Gasteiger partial charge in [-0.1, -0.05) is 0 Å². The van der Waals surface area contributed by atoms with Crippen molar-refractivity contribution in [2.75, 3.05) is 19.6 Å². The molecule has 2 saturated heterocycles. The lowest BCUT2D eigenvalue weighted by molar-refractivity contribution is -0.132. The van der Waals surface area contributed by atoms with E-state index >= 15 is 0 Å². The summed E-state index contributed by atoms with van der Waals surface area (Å²) < 4.78 is 66.6. The molecule has 159 valence electrons. The first-order valence-electron chi connectivity index (χ1n) is 9.79. The van der Waals surface area contributed by atoms with E-state index < -0.39 is 33.5 Å². The maximum Gasteiger partial charge on any atom is 0.224 e. The van der Waals surface area contributed by atoms with E-state index in [0.29, 0.717) is 38.4 Å². The fourth-order valence-corrected chi connectivity index (χ4v) is 6.32. The third-order valence-electron chi connectivity index (χ3n) is 6.12. The Morgan fingerprint density at radius 3 is 2.48 bits per heavy atom. The highest BCUT2D eigenvalue weighted by Crippen LogP contribution is 2.38. The molecule has 1 N–H and O–H groups in total. The summed E-state index contributed by atoms with van der Waals surface area (Å²) in [7, 11) is -3.28. The molecule has 0 unspecified atom stereocenters. The Bertz CT molecular complexity index is 923. The molecule has 29 heavy (non-hydrogen) atoms. The fraction of sp³-hybridized carbons (Fsp3) is 0.632. The second kappa shape index (κ2) is 7.55. The van der Waals surface area contributed by atoms with Crippen LogP contribution in [0.3, 0.4) is 0 Å². The molecule has 0 aromatic heterocycles. The summed E-state index contributed by atoms with van der Waals surface area (Å²) in [5.41, 5.74) is 7.94. The zero-order valence-corrected chi connectivity index (χ0v) is 16.6. The highest BCUT2D eigenvalue weighted by atomic mass is 32.2. The van der Waals surface area contributed by atoms with Crippen molar-refractivity contribution in [2.45, 2.75) is 49.4 Å². The van der Waals surface area contributed by atoms with Crippen LogP contribution in [0.15, 0.2) is 12.1 Å². The number of hydrogen-bond donors (Lipinski definition) is 0. The lowest BCUT2D eigenvalue weighted by atomic mass is 10.0. The van der Waals surface area contributed by atoms with Crippen molar-refractivity contribution in [1.29, 1.82) is 0 Å². The van der Waals surface area contributed by atoms with Gasteiger partial charge in [-0.15, -0.1) is 0 Å². The van der Waals surface area contributed by atoms with Gasteiger partial charge in [-0.05, 0) is 43.2 Å². The predicted octanol–water partition coefficient (Wildman–Crippen LogP) is 1.71. The summed E-state index contributed by atoms with van der Waals surface area (Å²) in [5.74, 6) is -3.61. The number of likely N-dealkylation sites (tertiary alicyclic amines) is 1. The minimum atomic E-state index is -3.28. The maximum absolute atomic E-state index is 13.8. The second-order valence-corrected chi connectivity index (χ2v) is 10.4. The Labute approximate surface area is 167 Å². The largest absolute Gasteiger partial charge is 0.338 e. The maximum atomic E-state index is 13.8. The Hall–Kier alpha value is -1.65. The van der Waals surface area contributed by atoms with Crippen molar-refractivity contribution in [3.63, 3.8) is 0 Å². The molecule has 4 rings (SSSR count). The first kappa shape index (κ1) is 20.6. The number of fused-ring (bicyclic) bond motifs is 1. The normalized spacial score (nSPS) is 26.0. The predicted molar refractivity (Wildman–Crippen MR) is 98.6 cm³/mol. The van der Waals surface area contributed by atoms with Gasteiger partial charge in [-0.25, -0.2) is 21.6 Å². The molecule has 6 nitrogen and oxygen atoms in total. The summed E-state index contributed by atoms with van der Waals surface area (Å²) in [6.45, 7) is 1.23. The Kier molecular flexibility index (Phi) is 5.37. The van der Waals surface area contributed by atoms with Crippen LogP contribution in [0.5, 0.6) is 0 Å². The summed E-state index contributed by atoms with van der Waals surface area (Å²) in [6.07, 6.45) is 1.71. The van der Waals surface area contributed by atoms with Crippen molar-refractivity contribution >= 4 is 15.9 Å². The molecule has 1 amide bonds. The Morgan fingerprint density at radius 2 is 1.79 bits per heavy atom. The molecule has 1 aliphatic carbocycles. The molecule has 2 heterocycles. The molecule has 1 aromatic carbocycles. The molecule has 2 aliphatic heterocycles. The number of sulfonamides is 1. The van der Waals surface area contributed by atoms with E-state index in [2.05, 4.69) is 0 Å². The van der Waals surface area contributed by atoms with Crippen LogP contribution in [-0.2, 0) is 21.2 Å². The summed E-state index contributed by atoms with van der Waals surface area (Å²) in [4.78, 5) is 14.3. The number of hydrogen-bond acceptors (Lipinski definition) is 3. The van der Waals surface area contributed by atoms with Crippen molar-refractivity contribution < 1.29 is 26.4 Å². The molecule has 1 aromatic rings. The van der Waals surface area contributed by atoms with Crippen LogP contribution in [0.25, 0.3) is 0 Å². The van der Waals surface area contributed by atoms with Gasteiger partial charge in [-0.2, -0.15) is 4.31 Å².